The average Bonchev–Trinajstić information content (AvgIpc) is 2.16. The molecule has 0 atom stereocenters. The molecule has 0 fully saturated rings. The van der Waals surface area contributed by atoms with Crippen molar-refractivity contribution in [1.29, 1.82) is 0 Å². The van der Waals surface area contributed by atoms with Crippen molar-refractivity contribution in [1.82, 2.24) is 4.90 Å². The molecule has 0 aromatic rings. The molecule has 86 valence electrons. The third-order valence-corrected chi connectivity index (χ3v) is 2.21. The fraction of sp³-hybridized carbons (Fsp3) is 1.00. The Kier molecular flexibility index (Phi) is 9.83. The van der Waals surface area contributed by atoms with Crippen LogP contribution in [0.5, 0.6) is 0 Å². The lowest BCUT2D eigenvalue weighted by atomic mass is 10.3. The third kappa shape index (κ3) is 7.56. The molecule has 0 saturated heterocycles. The van der Waals surface area contributed by atoms with Crippen molar-refractivity contribution in [3.05, 3.63) is 0 Å². The molecule has 0 heterocycles. The van der Waals surface area contributed by atoms with E-state index in [1.165, 1.54) is 0 Å². The summed E-state index contributed by atoms with van der Waals surface area (Å²) in [5.41, 5.74) is 0. The Morgan fingerprint density at radius 2 is 1.79 bits per heavy atom. The van der Waals surface area contributed by atoms with Gasteiger partial charge < -0.3 is 9.47 Å². The molecule has 0 aromatic carbocycles. The van der Waals surface area contributed by atoms with E-state index in [-0.39, 0.29) is 0 Å². The number of alkyl halides is 1. The minimum absolute atomic E-state index is 0.532. The van der Waals surface area contributed by atoms with Gasteiger partial charge in [0.2, 0.25) is 0 Å². The molecule has 0 amide bonds. The Bertz CT molecular complexity index is 123. The van der Waals surface area contributed by atoms with Crippen molar-refractivity contribution < 1.29 is 9.47 Å². The van der Waals surface area contributed by atoms with Crippen LogP contribution in [0.25, 0.3) is 0 Å². The minimum Gasteiger partial charge on any atom is -0.383 e. The van der Waals surface area contributed by atoms with Crippen molar-refractivity contribution in [2.24, 2.45) is 0 Å². The van der Waals surface area contributed by atoms with E-state index in [1.807, 2.05) is 0 Å². The first-order chi connectivity index (χ1) is 6.72. The van der Waals surface area contributed by atoms with Crippen LogP contribution in [0.15, 0.2) is 0 Å². The summed E-state index contributed by atoms with van der Waals surface area (Å²) in [6, 6.07) is 0.532. The largest absolute Gasteiger partial charge is 0.383 e. The summed E-state index contributed by atoms with van der Waals surface area (Å²) in [6.45, 7) is 8.41. The first-order valence-electron chi connectivity index (χ1n) is 5.09. The molecule has 0 spiro atoms. The molecule has 0 aliphatic carbocycles. The van der Waals surface area contributed by atoms with Gasteiger partial charge >= 0.3 is 0 Å². The lowest BCUT2D eigenvalue weighted by Crippen LogP contribution is -2.36. The Morgan fingerprint density at radius 1 is 1.14 bits per heavy atom. The first-order valence-corrected chi connectivity index (χ1v) is 5.62. The van der Waals surface area contributed by atoms with E-state index >= 15 is 0 Å². The van der Waals surface area contributed by atoms with Gasteiger partial charge in [-0.05, 0) is 13.8 Å². The highest BCUT2D eigenvalue weighted by atomic mass is 35.5. The zero-order valence-electron chi connectivity index (χ0n) is 9.46. The minimum atomic E-state index is 0.532. The van der Waals surface area contributed by atoms with Crippen molar-refractivity contribution in [2.75, 3.05) is 45.9 Å². The van der Waals surface area contributed by atoms with E-state index in [2.05, 4.69) is 18.7 Å². The molecule has 0 aliphatic rings. The highest BCUT2D eigenvalue weighted by Crippen LogP contribution is 1.97. The van der Waals surface area contributed by atoms with Crippen LogP contribution in [-0.4, -0.2) is 56.8 Å². The highest BCUT2D eigenvalue weighted by molar-refractivity contribution is 6.17. The number of methoxy groups -OCH3 is 1. The standard InChI is InChI=1S/C10H22ClNO2/c1-10(2)12(5-8-13-3)6-9-14-7-4-11/h10H,4-9H2,1-3H3. The van der Waals surface area contributed by atoms with Gasteiger partial charge in [-0.1, -0.05) is 0 Å². The summed E-state index contributed by atoms with van der Waals surface area (Å²) in [6.07, 6.45) is 0. The quantitative estimate of drug-likeness (QED) is 0.438. The zero-order valence-corrected chi connectivity index (χ0v) is 10.2. The number of halogens is 1. The van der Waals surface area contributed by atoms with Gasteiger partial charge in [0, 0.05) is 32.1 Å². The van der Waals surface area contributed by atoms with Gasteiger partial charge in [-0.2, -0.15) is 0 Å². The van der Waals surface area contributed by atoms with Gasteiger partial charge in [0.25, 0.3) is 0 Å². The summed E-state index contributed by atoms with van der Waals surface area (Å²) in [5, 5.41) is 0. The van der Waals surface area contributed by atoms with Crippen LogP contribution in [-0.2, 0) is 9.47 Å². The van der Waals surface area contributed by atoms with E-state index in [1.54, 1.807) is 7.11 Å². The molecule has 0 radical (unpaired) electrons. The van der Waals surface area contributed by atoms with Crippen LogP contribution >= 0.6 is 11.6 Å². The smallest absolute Gasteiger partial charge is 0.0602 e. The van der Waals surface area contributed by atoms with Gasteiger partial charge in [0.15, 0.2) is 0 Å². The Balaban J connectivity index is 3.52. The highest BCUT2D eigenvalue weighted by Gasteiger charge is 2.07. The van der Waals surface area contributed by atoms with E-state index in [4.69, 9.17) is 21.1 Å². The summed E-state index contributed by atoms with van der Waals surface area (Å²) >= 11 is 5.50. The molecule has 4 heteroatoms. The zero-order chi connectivity index (χ0) is 10.8. The van der Waals surface area contributed by atoms with Gasteiger partial charge in [-0.25, -0.2) is 0 Å². The predicted octanol–water partition coefficient (Wildman–Crippen LogP) is 1.60. The van der Waals surface area contributed by atoms with Gasteiger partial charge in [-0.3, -0.25) is 4.90 Å². The van der Waals surface area contributed by atoms with Gasteiger partial charge in [0.1, 0.15) is 0 Å². The normalized spacial score (nSPS) is 11.6. The molecular weight excluding hydrogens is 202 g/mol. The van der Waals surface area contributed by atoms with Crippen LogP contribution in [0.4, 0.5) is 0 Å². The van der Waals surface area contributed by atoms with E-state index < -0.39 is 0 Å². The van der Waals surface area contributed by atoms with Crippen LogP contribution in [0.1, 0.15) is 13.8 Å². The maximum Gasteiger partial charge on any atom is 0.0602 e. The van der Waals surface area contributed by atoms with Crippen molar-refractivity contribution in [3.8, 4) is 0 Å². The van der Waals surface area contributed by atoms with Crippen molar-refractivity contribution >= 4 is 11.6 Å². The number of hydrogen-bond acceptors (Lipinski definition) is 3. The van der Waals surface area contributed by atoms with Crippen molar-refractivity contribution in [3.63, 3.8) is 0 Å². The number of rotatable bonds is 9. The lowest BCUT2D eigenvalue weighted by molar-refractivity contribution is 0.0813. The predicted molar refractivity (Wildman–Crippen MR) is 60.1 cm³/mol. The molecular formula is C10H22ClNO2. The SMILES string of the molecule is COCCN(CCOCCCl)C(C)C. The second-order valence-electron chi connectivity index (χ2n) is 3.42. The van der Waals surface area contributed by atoms with Crippen LogP contribution < -0.4 is 0 Å². The fourth-order valence-corrected chi connectivity index (χ4v) is 1.28. The Hall–Kier alpha value is 0.170. The molecule has 0 rings (SSSR count). The van der Waals surface area contributed by atoms with E-state index in [9.17, 15) is 0 Å². The summed E-state index contributed by atoms with van der Waals surface area (Å²) in [7, 11) is 1.72. The third-order valence-electron chi connectivity index (χ3n) is 2.06. The van der Waals surface area contributed by atoms with Gasteiger partial charge in [-0.15, -0.1) is 11.6 Å². The molecule has 0 unspecified atom stereocenters. The maximum absolute atomic E-state index is 5.50. The fourth-order valence-electron chi connectivity index (χ4n) is 1.18. The van der Waals surface area contributed by atoms with Crippen molar-refractivity contribution in [2.45, 2.75) is 19.9 Å². The number of ether oxygens (including phenoxy) is 2. The van der Waals surface area contributed by atoms with Crippen LogP contribution in [0, 0.1) is 0 Å². The summed E-state index contributed by atoms with van der Waals surface area (Å²) in [5.74, 6) is 0.569. The molecule has 0 bridgehead atoms. The Morgan fingerprint density at radius 3 is 2.29 bits per heavy atom. The lowest BCUT2D eigenvalue weighted by Gasteiger charge is -2.25. The van der Waals surface area contributed by atoms with Crippen LogP contribution in [0.3, 0.4) is 0 Å². The molecule has 0 aliphatic heterocycles. The second-order valence-corrected chi connectivity index (χ2v) is 3.80. The molecule has 3 nitrogen and oxygen atoms in total. The second kappa shape index (κ2) is 9.71. The number of nitrogens with zero attached hydrogens (tertiary/aromatic N) is 1. The van der Waals surface area contributed by atoms with Gasteiger partial charge in [0.05, 0.1) is 19.8 Å². The monoisotopic (exact) mass is 223 g/mol. The van der Waals surface area contributed by atoms with E-state index in [0.29, 0.717) is 18.5 Å². The molecule has 0 aromatic heterocycles. The molecule has 0 saturated carbocycles. The molecule has 0 N–H and O–H groups in total. The summed E-state index contributed by atoms with van der Waals surface area (Å²) < 4.78 is 10.4. The first kappa shape index (κ1) is 14.2. The van der Waals surface area contributed by atoms with E-state index in [0.717, 1.165) is 26.3 Å². The topological polar surface area (TPSA) is 21.7 Å². The number of hydrogen-bond donors (Lipinski definition) is 0. The average molecular weight is 224 g/mol. The molecule has 14 heavy (non-hydrogen) atoms. The van der Waals surface area contributed by atoms with Crippen LogP contribution in [0.2, 0.25) is 0 Å². The Labute approximate surface area is 92.3 Å². The maximum atomic E-state index is 5.50. The summed E-state index contributed by atoms with van der Waals surface area (Å²) in [4.78, 5) is 2.33.